The average molecular weight is 239 g/mol. The van der Waals surface area contributed by atoms with Gasteiger partial charge in [-0.2, -0.15) is 0 Å². The molecule has 102 valence electrons. The van der Waals surface area contributed by atoms with Gasteiger partial charge in [0.1, 0.15) is 0 Å². The van der Waals surface area contributed by atoms with Crippen LogP contribution in [-0.4, -0.2) is 13.1 Å². The molecule has 1 aliphatic rings. The van der Waals surface area contributed by atoms with Crippen LogP contribution in [0.4, 0.5) is 0 Å². The molecule has 0 spiro atoms. The smallest absolute Gasteiger partial charge is 0.00926 e. The van der Waals surface area contributed by atoms with Crippen molar-refractivity contribution >= 4 is 0 Å². The summed E-state index contributed by atoms with van der Waals surface area (Å²) in [7, 11) is 2.14. The Bertz CT molecular complexity index is 216. The van der Waals surface area contributed by atoms with E-state index in [0.717, 1.165) is 23.8 Å². The van der Waals surface area contributed by atoms with Crippen LogP contribution in [0, 0.1) is 23.2 Å². The summed E-state index contributed by atoms with van der Waals surface area (Å²) in [6.07, 6.45) is 6.95. The van der Waals surface area contributed by atoms with Crippen molar-refractivity contribution in [3.05, 3.63) is 0 Å². The second-order valence-corrected chi connectivity index (χ2v) is 7.28. The van der Waals surface area contributed by atoms with Crippen LogP contribution < -0.4 is 5.32 Å². The maximum Gasteiger partial charge on any atom is 0.00926 e. The molecular weight excluding hydrogens is 206 g/mol. The molecule has 0 aromatic rings. The number of hydrogen-bond acceptors (Lipinski definition) is 1. The number of nitrogens with one attached hydrogen (secondary N) is 1. The Morgan fingerprint density at radius 1 is 1.24 bits per heavy atom. The van der Waals surface area contributed by atoms with Crippen LogP contribution >= 0.6 is 0 Å². The van der Waals surface area contributed by atoms with Crippen LogP contribution in [0.1, 0.15) is 66.7 Å². The standard InChI is InChI=1S/C16H33N/c1-7-12(2)10-13-11-14(16(3,4)5)8-9-15(13)17-6/h12-15,17H,7-11H2,1-6H3. The molecule has 4 unspecified atom stereocenters. The van der Waals surface area contributed by atoms with Crippen molar-refractivity contribution in [2.45, 2.75) is 72.8 Å². The molecule has 1 fully saturated rings. The fourth-order valence-electron chi connectivity index (χ4n) is 3.37. The van der Waals surface area contributed by atoms with E-state index >= 15 is 0 Å². The SMILES string of the molecule is CCC(C)CC1CC(C(C)(C)C)CCC1NC. The number of hydrogen-bond donors (Lipinski definition) is 1. The van der Waals surface area contributed by atoms with E-state index in [9.17, 15) is 0 Å². The van der Waals surface area contributed by atoms with Gasteiger partial charge in [0.05, 0.1) is 0 Å². The first-order valence-corrected chi connectivity index (χ1v) is 7.55. The zero-order valence-corrected chi connectivity index (χ0v) is 12.8. The van der Waals surface area contributed by atoms with Gasteiger partial charge in [0, 0.05) is 6.04 Å². The Morgan fingerprint density at radius 2 is 1.88 bits per heavy atom. The van der Waals surface area contributed by atoms with E-state index in [1.165, 1.54) is 32.1 Å². The zero-order chi connectivity index (χ0) is 13.1. The molecule has 0 aliphatic heterocycles. The van der Waals surface area contributed by atoms with Crippen molar-refractivity contribution in [3.63, 3.8) is 0 Å². The second-order valence-electron chi connectivity index (χ2n) is 7.28. The number of rotatable bonds is 4. The Hall–Kier alpha value is -0.0400. The van der Waals surface area contributed by atoms with Crippen molar-refractivity contribution in [2.75, 3.05) is 7.05 Å². The van der Waals surface area contributed by atoms with Crippen LogP contribution in [0.25, 0.3) is 0 Å². The highest BCUT2D eigenvalue weighted by Crippen LogP contribution is 2.42. The van der Waals surface area contributed by atoms with E-state index in [1.54, 1.807) is 0 Å². The van der Waals surface area contributed by atoms with Gasteiger partial charge in [-0.15, -0.1) is 0 Å². The van der Waals surface area contributed by atoms with E-state index in [2.05, 4.69) is 47.0 Å². The molecule has 1 heteroatoms. The van der Waals surface area contributed by atoms with Crippen molar-refractivity contribution in [2.24, 2.45) is 23.2 Å². The molecule has 0 bridgehead atoms. The Balaban J connectivity index is 2.62. The molecule has 1 nitrogen and oxygen atoms in total. The van der Waals surface area contributed by atoms with E-state index in [1.807, 2.05) is 0 Å². The van der Waals surface area contributed by atoms with Crippen molar-refractivity contribution in [1.82, 2.24) is 5.32 Å². The zero-order valence-electron chi connectivity index (χ0n) is 12.8. The van der Waals surface area contributed by atoms with Crippen molar-refractivity contribution < 1.29 is 0 Å². The molecule has 1 aliphatic carbocycles. The van der Waals surface area contributed by atoms with Gasteiger partial charge in [0.15, 0.2) is 0 Å². The molecule has 0 aromatic carbocycles. The third kappa shape index (κ3) is 4.28. The molecular formula is C16H33N. The van der Waals surface area contributed by atoms with E-state index in [0.29, 0.717) is 5.41 Å². The van der Waals surface area contributed by atoms with Crippen LogP contribution in [0.15, 0.2) is 0 Å². The minimum atomic E-state index is 0.492. The highest BCUT2D eigenvalue weighted by atomic mass is 14.9. The van der Waals surface area contributed by atoms with Gasteiger partial charge in [-0.25, -0.2) is 0 Å². The van der Waals surface area contributed by atoms with Gasteiger partial charge in [-0.05, 0) is 55.9 Å². The van der Waals surface area contributed by atoms with Crippen LogP contribution in [0.3, 0.4) is 0 Å². The summed E-state index contributed by atoms with van der Waals surface area (Å²) in [6, 6.07) is 0.766. The molecule has 0 amide bonds. The van der Waals surface area contributed by atoms with E-state index < -0.39 is 0 Å². The molecule has 0 aromatic heterocycles. The second kappa shape index (κ2) is 6.22. The fraction of sp³-hybridized carbons (Fsp3) is 1.00. The summed E-state index contributed by atoms with van der Waals surface area (Å²) in [5, 5.41) is 3.56. The summed E-state index contributed by atoms with van der Waals surface area (Å²) in [6.45, 7) is 12.0. The van der Waals surface area contributed by atoms with Crippen molar-refractivity contribution in [3.8, 4) is 0 Å². The molecule has 17 heavy (non-hydrogen) atoms. The third-order valence-electron chi connectivity index (χ3n) is 4.98. The fourth-order valence-corrected chi connectivity index (χ4v) is 3.37. The Labute approximate surface area is 109 Å². The highest BCUT2D eigenvalue weighted by molar-refractivity contribution is 4.88. The van der Waals surface area contributed by atoms with E-state index in [-0.39, 0.29) is 0 Å². The molecule has 4 atom stereocenters. The molecule has 1 saturated carbocycles. The normalized spacial score (nSPS) is 32.5. The topological polar surface area (TPSA) is 12.0 Å². The van der Waals surface area contributed by atoms with E-state index in [4.69, 9.17) is 0 Å². The first-order chi connectivity index (χ1) is 7.88. The first-order valence-electron chi connectivity index (χ1n) is 7.55. The van der Waals surface area contributed by atoms with Gasteiger partial charge >= 0.3 is 0 Å². The van der Waals surface area contributed by atoms with Crippen molar-refractivity contribution in [1.29, 1.82) is 0 Å². The van der Waals surface area contributed by atoms with Crippen LogP contribution in [0.5, 0.6) is 0 Å². The molecule has 0 radical (unpaired) electrons. The predicted molar refractivity (Wildman–Crippen MR) is 77.2 cm³/mol. The van der Waals surface area contributed by atoms with Crippen LogP contribution in [0.2, 0.25) is 0 Å². The quantitative estimate of drug-likeness (QED) is 0.763. The maximum absolute atomic E-state index is 3.56. The Kier molecular flexibility index (Phi) is 5.50. The lowest BCUT2D eigenvalue weighted by atomic mass is 9.66. The summed E-state index contributed by atoms with van der Waals surface area (Å²) in [5.41, 5.74) is 0.492. The molecule has 1 rings (SSSR count). The summed E-state index contributed by atoms with van der Waals surface area (Å²) < 4.78 is 0. The molecule has 1 N–H and O–H groups in total. The summed E-state index contributed by atoms with van der Waals surface area (Å²) in [5.74, 6) is 2.70. The van der Waals surface area contributed by atoms with Gasteiger partial charge < -0.3 is 5.32 Å². The lowest BCUT2D eigenvalue weighted by Crippen LogP contribution is -2.42. The van der Waals surface area contributed by atoms with Crippen LogP contribution in [-0.2, 0) is 0 Å². The minimum Gasteiger partial charge on any atom is -0.317 e. The first kappa shape index (κ1) is 15.0. The minimum absolute atomic E-state index is 0.492. The third-order valence-corrected chi connectivity index (χ3v) is 4.98. The molecule has 0 saturated heterocycles. The lowest BCUT2D eigenvalue weighted by Gasteiger charge is -2.42. The maximum atomic E-state index is 3.56. The summed E-state index contributed by atoms with van der Waals surface area (Å²) >= 11 is 0. The Morgan fingerprint density at radius 3 is 2.35 bits per heavy atom. The average Bonchev–Trinajstić information content (AvgIpc) is 2.27. The lowest BCUT2D eigenvalue weighted by molar-refractivity contribution is 0.104. The monoisotopic (exact) mass is 239 g/mol. The van der Waals surface area contributed by atoms with Gasteiger partial charge in [-0.1, -0.05) is 41.0 Å². The largest absolute Gasteiger partial charge is 0.317 e. The summed E-state index contributed by atoms with van der Waals surface area (Å²) in [4.78, 5) is 0. The highest BCUT2D eigenvalue weighted by Gasteiger charge is 2.35. The van der Waals surface area contributed by atoms with Gasteiger partial charge in [-0.3, -0.25) is 0 Å². The molecule has 0 heterocycles. The van der Waals surface area contributed by atoms with Gasteiger partial charge in [0.25, 0.3) is 0 Å². The van der Waals surface area contributed by atoms with Gasteiger partial charge in [0.2, 0.25) is 0 Å². The predicted octanol–water partition coefficient (Wildman–Crippen LogP) is 4.47.